The Morgan fingerprint density at radius 2 is 1.82 bits per heavy atom. The number of nitrogens with one attached hydrogen (secondary N) is 2. The number of unbranched alkanes of at least 4 members (excludes halogenated alkanes) is 1. The fraction of sp³-hybridized carbons (Fsp3) is 0.286. The molecule has 2 amide bonds. The molecule has 3 aromatic carbocycles. The van der Waals surface area contributed by atoms with E-state index < -0.39 is 17.9 Å². The number of nitriles is 1. The van der Waals surface area contributed by atoms with Gasteiger partial charge in [0.2, 0.25) is 5.91 Å². The molecular formula is C35H36N6O3. The van der Waals surface area contributed by atoms with Crippen molar-refractivity contribution in [3.63, 3.8) is 0 Å². The number of rotatable bonds is 10. The summed E-state index contributed by atoms with van der Waals surface area (Å²) >= 11 is 0. The van der Waals surface area contributed by atoms with Crippen LogP contribution in [-0.4, -0.2) is 60.5 Å². The number of aromatic nitrogens is 1. The third kappa shape index (κ3) is 6.67. The van der Waals surface area contributed by atoms with E-state index in [0.717, 1.165) is 79.5 Å². The number of hydrogen-bond donors (Lipinski definition) is 3. The van der Waals surface area contributed by atoms with Gasteiger partial charge in [-0.1, -0.05) is 30.3 Å². The standard InChI is InChI=1S/C35H36N6O3/c36-22-25-9-11-31-29(18-25)26(23-38-31)8-4-5-13-40-14-16-41(17-15-40)28-10-12-32-27(20-28)21-33(44-32)35(43)39-34(42)30(37)19-24-6-2-1-3-7-24/h1-3,6-7,9-12,18,20-21,23,30,38H,4-5,8,13-17,19,37H2,(H,39,42,43). The Hall–Kier alpha value is -4.91. The van der Waals surface area contributed by atoms with Crippen molar-refractivity contribution in [2.45, 2.75) is 31.7 Å². The van der Waals surface area contributed by atoms with Gasteiger partial charge in [0, 0.05) is 54.4 Å². The summed E-state index contributed by atoms with van der Waals surface area (Å²) < 4.78 is 5.76. The van der Waals surface area contributed by atoms with Crippen molar-refractivity contribution in [1.82, 2.24) is 15.2 Å². The maximum absolute atomic E-state index is 12.8. The smallest absolute Gasteiger partial charge is 0.293 e. The quantitative estimate of drug-likeness (QED) is 0.201. The number of anilines is 1. The molecule has 1 atom stereocenters. The number of aryl methyl sites for hydroxylation is 1. The molecule has 3 heterocycles. The highest BCUT2D eigenvalue weighted by atomic mass is 16.3. The zero-order chi connectivity index (χ0) is 30.5. The first kappa shape index (κ1) is 29.2. The number of imide groups is 1. The Balaban J connectivity index is 0.971. The summed E-state index contributed by atoms with van der Waals surface area (Å²) in [6.07, 6.45) is 5.62. The molecule has 5 aromatic rings. The number of carbonyl (C=O) groups excluding carboxylic acids is 2. The molecule has 2 aromatic heterocycles. The van der Waals surface area contributed by atoms with Crippen molar-refractivity contribution in [3.05, 3.63) is 101 Å². The van der Waals surface area contributed by atoms with Gasteiger partial charge in [-0.3, -0.25) is 19.8 Å². The number of amides is 2. The van der Waals surface area contributed by atoms with Crippen molar-refractivity contribution in [3.8, 4) is 6.07 Å². The summed E-state index contributed by atoms with van der Waals surface area (Å²) in [6, 6.07) is 24.3. The second-order valence-corrected chi connectivity index (χ2v) is 11.4. The molecule has 1 aliphatic heterocycles. The molecule has 0 aliphatic carbocycles. The van der Waals surface area contributed by atoms with Crippen LogP contribution in [0.3, 0.4) is 0 Å². The number of carbonyl (C=O) groups is 2. The molecule has 9 nitrogen and oxygen atoms in total. The minimum Gasteiger partial charge on any atom is -0.451 e. The Morgan fingerprint density at radius 3 is 2.61 bits per heavy atom. The van der Waals surface area contributed by atoms with E-state index in [1.165, 1.54) is 5.56 Å². The molecule has 0 radical (unpaired) electrons. The first-order valence-corrected chi connectivity index (χ1v) is 15.1. The van der Waals surface area contributed by atoms with Gasteiger partial charge in [0.25, 0.3) is 5.91 Å². The maximum Gasteiger partial charge on any atom is 0.293 e. The first-order chi connectivity index (χ1) is 21.5. The van der Waals surface area contributed by atoms with Crippen LogP contribution in [0.25, 0.3) is 21.9 Å². The van der Waals surface area contributed by atoms with Crippen LogP contribution in [-0.2, 0) is 17.6 Å². The number of nitrogens with two attached hydrogens (primary N) is 1. The summed E-state index contributed by atoms with van der Waals surface area (Å²) in [7, 11) is 0. The lowest BCUT2D eigenvalue weighted by Gasteiger charge is -2.36. The van der Waals surface area contributed by atoms with Gasteiger partial charge in [-0.25, -0.2) is 0 Å². The van der Waals surface area contributed by atoms with E-state index in [9.17, 15) is 14.9 Å². The summed E-state index contributed by atoms with van der Waals surface area (Å²) in [6.45, 7) is 4.88. The van der Waals surface area contributed by atoms with Gasteiger partial charge in [-0.05, 0) is 85.8 Å². The monoisotopic (exact) mass is 588 g/mol. The van der Waals surface area contributed by atoms with Crippen LogP contribution in [0, 0.1) is 11.3 Å². The van der Waals surface area contributed by atoms with Gasteiger partial charge in [-0.15, -0.1) is 0 Å². The van der Waals surface area contributed by atoms with E-state index in [0.29, 0.717) is 17.6 Å². The topological polar surface area (TPSA) is 131 Å². The zero-order valence-corrected chi connectivity index (χ0v) is 24.6. The first-order valence-electron chi connectivity index (χ1n) is 15.1. The molecule has 6 rings (SSSR count). The third-order valence-electron chi connectivity index (χ3n) is 8.40. The van der Waals surface area contributed by atoms with Crippen molar-refractivity contribution in [2.75, 3.05) is 37.6 Å². The van der Waals surface area contributed by atoms with Crippen LogP contribution < -0.4 is 16.0 Å². The van der Waals surface area contributed by atoms with E-state index in [2.05, 4.69) is 32.4 Å². The van der Waals surface area contributed by atoms with Gasteiger partial charge in [0.15, 0.2) is 5.76 Å². The van der Waals surface area contributed by atoms with E-state index in [1.807, 2.05) is 66.7 Å². The number of nitrogens with zero attached hydrogens (tertiary/aromatic N) is 3. The van der Waals surface area contributed by atoms with Crippen LogP contribution in [0.5, 0.6) is 0 Å². The van der Waals surface area contributed by atoms with E-state index in [-0.39, 0.29) is 5.76 Å². The minimum atomic E-state index is -0.839. The molecule has 1 aliphatic rings. The third-order valence-corrected chi connectivity index (χ3v) is 8.40. The number of furan rings is 1. The van der Waals surface area contributed by atoms with Crippen molar-refractivity contribution in [1.29, 1.82) is 5.26 Å². The average Bonchev–Trinajstić information content (AvgIpc) is 3.67. The number of benzene rings is 3. The molecule has 1 unspecified atom stereocenters. The lowest BCUT2D eigenvalue weighted by molar-refractivity contribution is -0.121. The average molecular weight is 589 g/mol. The lowest BCUT2D eigenvalue weighted by Crippen LogP contribution is -2.46. The summed E-state index contributed by atoms with van der Waals surface area (Å²) in [5, 5.41) is 13.6. The molecule has 44 heavy (non-hydrogen) atoms. The molecule has 4 N–H and O–H groups in total. The Morgan fingerprint density at radius 1 is 1.00 bits per heavy atom. The van der Waals surface area contributed by atoms with Gasteiger partial charge in [-0.2, -0.15) is 5.26 Å². The highest BCUT2D eigenvalue weighted by Crippen LogP contribution is 2.26. The molecule has 0 spiro atoms. The van der Waals surface area contributed by atoms with Gasteiger partial charge >= 0.3 is 0 Å². The molecule has 1 fully saturated rings. The van der Waals surface area contributed by atoms with Crippen LogP contribution in [0.4, 0.5) is 5.69 Å². The number of piperazine rings is 1. The molecule has 224 valence electrons. The van der Waals surface area contributed by atoms with Crippen LogP contribution >= 0.6 is 0 Å². The molecule has 9 heteroatoms. The maximum atomic E-state index is 12.8. The molecule has 0 bridgehead atoms. The molecule has 1 saturated heterocycles. The van der Waals surface area contributed by atoms with Gasteiger partial charge in [0.05, 0.1) is 17.7 Å². The predicted molar refractivity (Wildman–Crippen MR) is 171 cm³/mol. The lowest BCUT2D eigenvalue weighted by atomic mass is 10.1. The normalized spacial score (nSPS) is 14.5. The molecule has 0 saturated carbocycles. The fourth-order valence-corrected chi connectivity index (χ4v) is 5.90. The number of hydrogen-bond acceptors (Lipinski definition) is 7. The number of fused-ring (bicyclic) bond motifs is 2. The summed E-state index contributed by atoms with van der Waals surface area (Å²) in [4.78, 5) is 33.5. The Labute approximate surface area is 256 Å². The van der Waals surface area contributed by atoms with Crippen LogP contribution in [0.1, 0.15) is 40.1 Å². The van der Waals surface area contributed by atoms with E-state index >= 15 is 0 Å². The summed E-state index contributed by atoms with van der Waals surface area (Å²) in [5.41, 5.74) is 11.7. The van der Waals surface area contributed by atoms with Crippen LogP contribution in [0.2, 0.25) is 0 Å². The Kier molecular flexibility index (Phi) is 8.73. The predicted octanol–water partition coefficient (Wildman–Crippen LogP) is 4.76. The van der Waals surface area contributed by atoms with E-state index in [1.54, 1.807) is 6.07 Å². The minimum absolute atomic E-state index is 0.0837. The van der Waals surface area contributed by atoms with Gasteiger partial charge in [0.1, 0.15) is 5.58 Å². The zero-order valence-electron chi connectivity index (χ0n) is 24.6. The van der Waals surface area contributed by atoms with Crippen molar-refractivity contribution < 1.29 is 14.0 Å². The summed E-state index contributed by atoms with van der Waals surface area (Å²) in [5.74, 6) is -1.05. The fourth-order valence-electron chi connectivity index (χ4n) is 5.90. The SMILES string of the molecule is N#Cc1ccc2[nH]cc(CCCCN3CCN(c4ccc5oc(C(=O)NC(=O)C(N)Cc6ccccc6)cc5c4)CC3)c2c1. The highest BCUT2D eigenvalue weighted by Gasteiger charge is 2.22. The Bertz CT molecular complexity index is 1810. The second kappa shape index (κ2) is 13.2. The largest absolute Gasteiger partial charge is 0.451 e. The second-order valence-electron chi connectivity index (χ2n) is 11.4. The van der Waals surface area contributed by atoms with Crippen molar-refractivity contribution in [2.24, 2.45) is 5.73 Å². The van der Waals surface area contributed by atoms with Gasteiger partial charge < -0.3 is 20.0 Å². The number of aromatic amines is 1. The van der Waals surface area contributed by atoms with E-state index in [4.69, 9.17) is 10.2 Å². The van der Waals surface area contributed by atoms with Crippen molar-refractivity contribution >= 4 is 39.4 Å². The highest BCUT2D eigenvalue weighted by molar-refractivity contribution is 6.06. The number of H-pyrrole nitrogens is 1. The molecular weight excluding hydrogens is 552 g/mol. The van der Waals surface area contributed by atoms with Crippen LogP contribution in [0.15, 0.2) is 83.4 Å².